The van der Waals surface area contributed by atoms with Crippen LogP contribution in [-0.2, 0) is 20.4 Å². The van der Waals surface area contributed by atoms with Gasteiger partial charge in [-0.1, -0.05) is 0 Å². The lowest BCUT2D eigenvalue weighted by atomic mass is 10.2. The van der Waals surface area contributed by atoms with Crippen molar-refractivity contribution in [2.75, 3.05) is 14.2 Å². The fraction of sp³-hybridized carbons (Fsp3) is 0.364. The Kier molecular flexibility index (Phi) is 4.59. The maximum atomic E-state index is 11.2. The Morgan fingerprint density at radius 2 is 2.06 bits per heavy atom. The third-order valence-corrected chi connectivity index (χ3v) is 3.83. The maximum Gasteiger partial charge on any atom is 0.261 e. The van der Waals surface area contributed by atoms with E-state index in [-0.39, 0.29) is 17.3 Å². The fourth-order valence-corrected chi connectivity index (χ4v) is 2.20. The molecule has 0 fully saturated rings. The van der Waals surface area contributed by atoms with Gasteiger partial charge >= 0.3 is 0 Å². The summed E-state index contributed by atoms with van der Waals surface area (Å²) in [7, 11) is 4.57. The van der Waals surface area contributed by atoms with Crippen LogP contribution in [0.2, 0.25) is 0 Å². The van der Waals surface area contributed by atoms with Gasteiger partial charge in [0.25, 0.3) is 9.05 Å². The number of hydrogen-bond acceptors (Lipinski definition) is 4. The quantitative estimate of drug-likeness (QED) is 0.791. The highest BCUT2D eigenvalue weighted by Gasteiger charge is 2.15. The first kappa shape index (κ1) is 14.8. The van der Waals surface area contributed by atoms with E-state index in [0.29, 0.717) is 11.3 Å². The standard InChI is InChI=1S/C11H14ClNO4S/c1-8(14)13(2)7-9-6-10(18(12,15)16)4-5-11(9)17-3/h4-6H,7H2,1-3H3. The van der Waals surface area contributed by atoms with Gasteiger partial charge in [0.15, 0.2) is 0 Å². The van der Waals surface area contributed by atoms with Crippen LogP contribution in [0, 0.1) is 0 Å². The molecule has 0 heterocycles. The second kappa shape index (κ2) is 5.58. The normalized spacial score (nSPS) is 11.1. The van der Waals surface area contributed by atoms with E-state index in [1.54, 1.807) is 7.05 Å². The van der Waals surface area contributed by atoms with Crippen LogP contribution in [-0.4, -0.2) is 33.4 Å². The summed E-state index contributed by atoms with van der Waals surface area (Å²) < 4.78 is 27.6. The summed E-state index contributed by atoms with van der Waals surface area (Å²) in [6, 6.07) is 4.28. The highest BCUT2D eigenvalue weighted by molar-refractivity contribution is 8.13. The molecule has 1 rings (SSSR count). The fourth-order valence-electron chi connectivity index (χ4n) is 1.40. The van der Waals surface area contributed by atoms with E-state index < -0.39 is 9.05 Å². The molecule has 0 aliphatic rings. The van der Waals surface area contributed by atoms with Crippen LogP contribution in [0.15, 0.2) is 23.1 Å². The summed E-state index contributed by atoms with van der Waals surface area (Å²) in [4.78, 5) is 12.6. The zero-order valence-corrected chi connectivity index (χ0v) is 11.9. The SMILES string of the molecule is COc1ccc(S(=O)(=O)Cl)cc1CN(C)C(C)=O. The number of carbonyl (C=O) groups excluding carboxylic acids is 1. The molecule has 1 amide bonds. The highest BCUT2D eigenvalue weighted by atomic mass is 35.7. The lowest BCUT2D eigenvalue weighted by Gasteiger charge is -2.17. The van der Waals surface area contributed by atoms with Gasteiger partial charge in [0.1, 0.15) is 5.75 Å². The predicted octanol–water partition coefficient (Wildman–Crippen LogP) is 1.60. The summed E-state index contributed by atoms with van der Waals surface area (Å²) in [6.45, 7) is 1.67. The molecule has 0 atom stereocenters. The summed E-state index contributed by atoms with van der Waals surface area (Å²) >= 11 is 0. The molecule has 100 valence electrons. The summed E-state index contributed by atoms with van der Waals surface area (Å²) in [5, 5.41) is 0. The van der Waals surface area contributed by atoms with Crippen molar-refractivity contribution in [2.24, 2.45) is 0 Å². The average molecular weight is 292 g/mol. The Balaban J connectivity index is 3.19. The minimum Gasteiger partial charge on any atom is -0.496 e. The molecule has 1 aromatic rings. The Bertz CT molecular complexity index is 556. The molecule has 0 aliphatic carbocycles. The number of rotatable bonds is 4. The van der Waals surface area contributed by atoms with Crippen LogP contribution < -0.4 is 4.74 Å². The second-order valence-electron chi connectivity index (χ2n) is 3.79. The van der Waals surface area contributed by atoms with Gasteiger partial charge in [-0.3, -0.25) is 4.79 Å². The van der Waals surface area contributed by atoms with Crippen LogP contribution in [0.5, 0.6) is 5.75 Å². The molecule has 7 heteroatoms. The van der Waals surface area contributed by atoms with Gasteiger partial charge in [-0.2, -0.15) is 0 Å². The number of benzene rings is 1. The van der Waals surface area contributed by atoms with Crippen LogP contribution in [0.25, 0.3) is 0 Å². The Labute approximate surface area is 111 Å². The molecule has 1 aromatic carbocycles. The zero-order valence-electron chi connectivity index (χ0n) is 10.3. The molecule has 0 saturated heterocycles. The van der Waals surface area contributed by atoms with Crippen molar-refractivity contribution >= 4 is 25.6 Å². The van der Waals surface area contributed by atoms with Gasteiger partial charge in [0.05, 0.1) is 12.0 Å². The van der Waals surface area contributed by atoms with Crippen molar-refractivity contribution in [1.82, 2.24) is 4.90 Å². The molecule has 0 spiro atoms. The maximum absolute atomic E-state index is 11.2. The molecule has 0 aliphatic heterocycles. The molecule has 0 N–H and O–H groups in total. The number of halogens is 1. The third-order valence-electron chi connectivity index (χ3n) is 2.48. The van der Waals surface area contributed by atoms with E-state index >= 15 is 0 Å². The van der Waals surface area contributed by atoms with Gasteiger partial charge < -0.3 is 9.64 Å². The van der Waals surface area contributed by atoms with Crippen molar-refractivity contribution in [3.63, 3.8) is 0 Å². The first-order valence-electron chi connectivity index (χ1n) is 5.09. The first-order valence-corrected chi connectivity index (χ1v) is 7.40. The number of ether oxygens (including phenoxy) is 1. The van der Waals surface area contributed by atoms with Crippen molar-refractivity contribution < 1.29 is 17.9 Å². The second-order valence-corrected chi connectivity index (χ2v) is 6.35. The third kappa shape index (κ3) is 3.61. The smallest absolute Gasteiger partial charge is 0.261 e. The van der Waals surface area contributed by atoms with Crippen molar-refractivity contribution in [2.45, 2.75) is 18.4 Å². The molecule has 18 heavy (non-hydrogen) atoms. The summed E-state index contributed by atoms with van der Waals surface area (Å²) in [5.41, 5.74) is 0.580. The summed E-state index contributed by atoms with van der Waals surface area (Å²) in [6.07, 6.45) is 0. The summed E-state index contributed by atoms with van der Waals surface area (Å²) in [5.74, 6) is 0.378. The average Bonchev–Trinajstić information content (AvgIpc) is 2.27. The molecular weight excluding hydrogens is 278 g/mol. The van der Waals surface area contributed by atoms with E-state index in [9.17, 15) is 13.2 Å². The Hall–Kier alpha value is -1.27. The highest BCUT2D eigenvalue weighted by Crippen LogP contribution is 2.25. The lowest BCUT2D eigenvalue weighted by Crippen LogP contribution is -2.23. The Morgan fingerprint density at radius 1 is 1.44 bits per heavy atom. The number of nitrogens with zero attached hydrogens (tertiary/aromatic N) is 1. The van der Waals surface area contributed by atoms with Crippen LogP contribution >= 0.6 is 10.7 Å². The topological polar surface area (TPSA) is 63.7 Å². The monoisotopic (exact) mass is 291 g/mol. The van der Waals surface area contributed by atoms with Gasteiger partial charge in [0, 0.05) is 36.8 Å². The number of hydrogen-bond donors (Lipinski definition) is 0. The van der Waals surface area contributed by atoms with Gasteiger partial charge in [-0.05, 0) is 18.2 Å². The van der Waals surface area contributed by atoms with Crippen LogP contribution in [0.4, 0.5) is 0 Å². The number of carbonyl (C=O) groups is 1. The van der Waals surface area contributed by atoms with Gasteiger partial charge in [0.2, 0.25) is 5.91 Å². The largest absolute Gasteiger partial charge is 0.496 e. The molecule has 5 nitrogen and oxygen atoms in total. The molecular formula is C11H14ClNO4S. The van der Waals surface area contributed by atoms with Crippen molar-refractivity contribution in [1.29, 1.82) is 0 Å². The minimum absolute atomic E-state index is 0.0167. The van der Waals surface area contributed by atoms with Gasteiger partial charge in [-0.15, -0.1) is 0 Å². The Morgan fingerprint density at radius 3 is 2.50 bits per heavy atom. The van der Waals surface area contributed by atoms with Crippen LogP contribution in [0.3, 0.4) is 0 Å². The van der Waals surface area contributed by atoms with Gasteiger partial charge in [-0.25, -0.2) is 8.42 Å². The zero-order chi connectivity index (χ0) is 13.9. The molecule has 0 aromatic heterocycles. The molecule has 0 bridgehead atoms. The number of amides is 1. The van der Waals surface area contributed by atoms with E-state index in [1.807, 2.05) is 0 Å². The van der Waals surface area contributed by atoms with E-state index in [1.165, 1.54) is 37.1 Å². The molecule has 0 saturated carbocycles. The van der Waals surface area contributed by atoms with E-state index in [2.05, 4.69) is 0 Å². The minimum atomic E-state index is -3.79. The van der Waals surface area contributed by atoms with Crippen LogP contribution in [0.1, 0.15) is 12.5 Å². The van der Waals surface area contributed by atoms with E-state index in [4.69, 9.17) is 15.4 Å². The molecule has 0 radical (unpaired) electrons. The predicted molar refractivity (Wildman–Crippen MR) is 68.2 cm³/mol. The van der Waals surface area contributed by atoms with Crippen molar-refractivity contribution in [3.05, 3.63) is 23.8 Å². The molecule has 0 unspecified atom stereocenters. The van der Waals surface area contributed by atoms with E-state index in [0.717, 1.165) is 0 Å². The first-order chi connectivity index (χ1) is 8.25. The number of methoxy groups -OCH3 is 1. The lowest BCUT2D eigenvalue weighted by molar-refractivity contribution is -0.128. The van der Waals surface area contributed by atoms with Crippen molar-refractivity contribution in [3.8, 4) is 5.75 Å².